The third-order valence-electron chi connectivity index (χ3n) is 2.45. The van der Waals surface area contributed by atoms with Gasteiger partial charge < -0.3 is 15.2 Å². The van der Waals surface area contributed by atoms with Crippen LogP contribution in [0, 0.1) is 6.92 Å². The van der Waals surface area contributed by atoms with E-state index < -0.39 is 0 Å². The van der Waals surface area contributed by atoms with Crippen molar-refractivity contribution in [1.29, 1.82) is 0 Å². The summed E-state index contributed by atoms with van der Waals surface area (Å²) in [5, 5.41) is 0. The van der Waals surface area contributed by atoms with Crippen LogP contribution in [0.4, 0.5) is 5.69 Å². The lowest BCUT2D eigenvalue weighted by molar-refractivity contribution is 0.0713. The maximum Gasteiger partial charge on any atom is 0.0700 e. The maximum absolute atomic E-state index is 5.85. The van der Waals surface area contributed by atoms with E-state index in [1.807, 2.05) is 23.9 Å². The summed E-state index contributed by atoms with van der Waals surface area (Å²) in [6.07, 6.45) is 1.04. The lowest BCUT2D eigenvalue weighted by Gasteiger charge is -2.08. The van der Waals surface area contributed by atoms with Crippen molar-refractivity contribution < 1.29 is 9.47 Å². The second-order valence-electron chi connectivity index (χ2n) is 3.78. The zero-order valence-electron chi connectivity index (χ0n) is 10.6. The first-order valence-corrected chi connectivity index (χ1v) is 6.79. The van der Waals surface area contributed by atoms with Gasteiger partial charge in [0, 0.05) is 30.1 Å². The van der Waals surface area contributed by atoms with Crippen LogP contribution in [0.1, 0.15) is 12.0 Å². The van der Waals surface area contributed by atoms with E-state index >= 15 is 0 Å². The van der Waals surface area contributed by atoms with Crippen LogP contribution in [-0.4, -0.2) is 32.7 Å². The Bertz CT molecular complexity index is 331. The molecule has 0 radical (unpaired) electrons. The van der Waals surface area contributed by atoms with Crippen molar-refractivity contribution in [2.75, 3.05) is 38.4 Å². The Balaban J connectivity index is 2.16. The maximum atomic E-state index is 5.85. The number of anilines is 1. The van der Waals surface area contributed by atoms with Gasteiger partial charge in [-0.15, -0.1) is 11.8 Å². The second kappa shape index (κ2) is 8.39. The van der Waals surface area contributed by atoms with E-state index in [4.69, 9.17) is 15.2 Å². The van der Waals surface area contributed by atoms with Crippen LogP contribution >= 0.6 is 11.8 Å². The number of ether oxygens (including phenoxy) is 2. The molecule has 0 amide bonds. The summed E-state index contributed by atoms with van der Waals surface area (Å²) in [5.74, 6) is 1.05. The van der Waals surface area contributed by atoms with E-state index in [-0.39, 0.29) is 0 Å². The molecule has 0 aliphatic carbocycles. The second-order valence-corrected chi connectivity index (χ2v) is 4.91. The average Bonchev–Trinajstić information content (AvgIpc) is 2.33. The molecule has 1 aromatic rings. The van der Waals surface area contributed by atoms with Crippen LogP contribution in [0.15, 0.2) is 23.1 Å². The summed E-state index contributed by atoms with van der Waals surface area (Å²) in [7, 11) is 1.68. The van der Waals surface area contributed by atoms with Gasteiger partial charge in [-0.1, -0.05) is 6.07 Å². The van der Waals surface area contributed by atoms with Gasteiger partial charge in [0.1, 0.15) is 0 Å². The van der Waals surface area contributed by atoms with Gasteiger partial charge in [-0.05, 0) is 31.0 Å². The van der Waals surface area contributed by atoms with Gasteiger partial charge >= 0.3 is 0 Å². The molecular formula is C13H21NO2S. The Hall–Kier alpha value is -0.710. The normalized spacial score (nSPS) is 10.7. The highest BCUT2D eigenvalue weighted by atomic mass is 32.2. The minimum absolute atomic E-state index is 0.668. The molecule has 0 aliphatic heterocycles. The van der Waals surface area contributed by atoms with Gasteiger partial charge in [-0.25, -0.2) is 0 Å². The molecule has 3 nitrogen and oxygen atoms in total. The van der Waals surface area contributed by atoms with Gasteiger partial charge in [0.15, 0.2) is 0 Å². The van der Waals surface area contributed by atoms with E-state index in [1.165, 1.54) is 10.5 Å². The first-order chi connectivity index (χ1) is 8.25. The zero-order valence-corrected chi connectivity index (χ0v) is 11.4. The van der Waals surface area contributed by atoms with Crippen LogP contribution < -0.4 is 5.73 Å². The molecule has 0 unspecified atom stereocenters. The molecule has 0 aromatic heterocycles. The van der Waals surface area contributed by atoms with E-state index in [9.17, 15) is 0 Å². The van der Waals surface area contributed by atoms with Crippen molar-refractivity contribution in [3.8, 4) is 0 Å². The van der Waals surface area contributed by atoms with E-state index in [0.29, 0.717) is 13.2 Å². The lowest BCUT2D eigenvalue weighted by Crippen LogP contribution is -2.03. The smallest absolute Gasteiger partial charge is 0.0700 e. The van der Waals surface area contributed by atoms with Crippen molar-refractivity contribution >= 4 is 17.4 Å². The minimum Gasteiger partial charge on any atom is -0.398 e. The standard InChI is InChI=1S/C13H21NO2S/c1-11-12(14)5-3-6-13(11)17-10-4-7-16-9-8-15-2/h3,5-6H,4,7-10,14H2,1-2H3. The summed E-state index contributed by atoms with van der Waals surface area (Å²) in [6, 6.07) is 6.05. The van der Waals surface area contributed by atoms with Gasteiger partial charge in [-0.3, -0.25) is 0 Å². The van der Waals surface area contributed by atoms with Crippen molar-refractivity contribution in [2.24, 2.45) is 0 Å². The molecule has 17 heavy (non-hydrogen) atoms. The first kappa shape index (κ1) is 14.4. The van der Waals surface area contributed by atoms with Crippen LogP contribution in [0.3, 0.4) is 0 Å². The van der Waals surface area contributed by atoms with Crippen LogP contribution in [-0.2, 0) is 9.47 Å². The quantitative estimate of drug-likeness (QED) is 0.441. The van der Waals surface area contributed by atoms with Crippen LogP contribution in [0.2, 0.25) is 0 Å². The summed E-state index contributed by atoms with van der Waals surface area (Å²) < 4.78 is 10.3. The third kappa shape index (κ3) is 5.44. The number of nitrogen functional groups attached to an aromatic ring is 1. The fourth-order valence-corrected chi connectivity index (χ4v) is 2.37. The Morgan fingerprint density at radius 1 is 1.24 bits per heavy atom. The summed E-state index contributed by atoms with van der Waals surface area (Å²) >= 11 is 1.83. The first-order valence-electron chi connectivity index (χ1n) is 5.80. The van der Waals surface area contributed by atoms with Crippen molar-refractivity contribution in [3.05, 3.63) is 23.8 Å². The number of hydrogen-bond donors (Lipinski definition) is 1. The van der Waals surface area contributed by atoms with Gasteiger partial charge in [-0.2, -0.15) is 0 Å². The average molecular weight is 255 g/mol. The predicted molar refractivity (Wildman–Crippen MR) is 73.6 cm³/mol. The monoisotopic (exact) mass is 255 g/mol. The summed E-state index contributed by atoms with van der Waals surface area (Å²) in [5.41, 5.74) is 7.90. The Morgan fingerprint density at radius 3 is 2.82 bits per heavy atom. The van der Waals surface area contributed by atoms with Crippen molar-refractivity contribution in [3.63, 3.8) is 0 Å². The zero-order chi connectivity index (χ0) is 12.5. The van der Waals surface area contributed by atoms with Gasteiger partial charge in [0.25, 0.3) is 0 Å². The van der Waals surface area contributed by atoms with Crippen molar-refractivity contribution in [1.82, 2.24) is 0 Å². The van der Waals surface area contributed by atoms with E-state index in [0.717, 1.165) is 24.5 Å². The molecule has 1 rings (SSSR count). The number of rotatable bonds is 8. The molecule has 0 saturated heterocycles. The molecule has 0 bridgehead atoms. The Labute approximate surface area is 108 Å². The molecule has 4 heteroatoms. The van der Waals surface area contributed by atoms with E-state index in [1.54, 1.807) is 7.11 Å². The highest BCUT2D eigenvalue weighted by Gasteiger charge is 2.01. The largest absolute Gasteiger partial charge is 0.398 e. The van der Waals surface area contributed by atoms with E-state index in [2.05, 4.69) is 13.0 Å². The Morgan fingerprint density at radius 2 is 2.06 bits per heavy atom. The SMILES string of the molecule is COCCOCCCSc1cccc(N)c1C. The molecule has 0 spiro atoms. The number of benzene rings is 1. The summed E-state index contributed by atoms with van der Waals surface area (Å²) in [4.78, 5) is 1.27. The topological polar surface area (TPSA) is 44.5 Å². The third-order valence-corrected chi connectivity index (χ3v) is 3.69. The highest BCUT2D eigenvalue weighted by Crippen LogP contribution is 2.26. The molecule has 0 saturated carbocycles. The Kier molecular flexibility index (Phi) is 7.08. The number of nitrogens with two attached hydrogens (primary N) is 1. The minimum atomic E-state index is 0.668. The molecule has 2 N–H and O–H groups in total. The molecule has 0 aliphatic rings. The molecule has 96 valence electrons. The fourth-order valence-electron chi connectivity index (χ4n) is 1.38. The highest BCUT2D eigenvalue weighted by molar-refractivity contribution is 7.99. The lowest BCUT2D eigenvalue weighted by atomic mass is 10.2. The fraction of sp³-hybridized carbons (Fsp3) is 0.538. The van der Waals surface area contributed by atoms with Crippen LogP contribution in [0.25, 0.3) is 0 Å². The van der Waals surface area contributed by atoms with Gasteiger partial charge in [0.05, 0.1) is 13.2 Å². The summed E-state index contributed by atoms with van der Waals surface area (Å²) in [6.45, 7) is 4.20. The van der Waals surface area contributed by atoms with Gasteiger partial charge in [0.2, 0.25) is 0 Å². The predicted octanol–water partition coefficient (Wildman–Crippen LogP) is 2.72. The molecule has 0 fully saturated rings. The number of hydrogen-bond acceptors (Lipinski definition) is 4. The molecule has 0 heterocycles. The van der Waals surface area contributed by atoms with Crippen LogP contribution in [0.5, 0.6) is 0 Å². The molecule has 1 aromatic carbocycles. The number of methoxy groups -OCH3 is 1. The molecule has 0 atom stereocenters. The van der Waals surface area contributed by atoms with Crippen molar-refractivity contribution in [2.45, 2.75) is 18.2 Å². The molecular weight excluding hydrogens is 234 g/mol. The number of thioether (sulfide) groups is 1.